The molecule has 0 radical (unpaired) electrons. The summed E-state index contributed by atoms with van der Waals surface area (Å²) in [5.41, 5.74) is 1.06. The van der Waals surface area contributed by atoms with E-state index >= 15 is 0 Å². The minimum atomic E-state index is -0.323. The van der Waals surface area contributed by atoms with Crippen molar-refractivity contribution >= 4 is 17.2 Å². The Hall–Kier alpha value is -2.47. The fourth-order valence-corrected chi connectivity index (χ4v) is 2.57. The van der Waals surface area contributed by atoms with Crippen LogP contribution in [0.3, 0.4) is 0 Å². The highest BCUT2D eigenvalue weighted by Crippen LogP contribution is 2.27. The van der Waals surface area contributed by atoms with Crippen LogP contribution in [-0.2, 0) is 6.54 Å². The van der Waals surface area contributed by atoms with E-state index in [-0.39, 0.29) is 17.4 Å². The summed E-state index contributed by atoms with van der Waals surface area (Å²) in [5.74, 6) is -0.167. The molecule has 0 atom stereocenters. The fourth-order valence-electron chi connectivity index (χ4n) is 1.86. The number of thiophene rings is 1. The Labute approximate surface area is 124 Å². The van der Waals surface area contributed by atoms with Gasteiger partial charge in [-0.2, -0.15) is 0 Å². The molecule has 1 N–H and O–H groups in total. The molecule has 21 heavy (non-hydrogen) atoms. The molecular weight excluding hydrogens is 291 g/mol. The smallest absolute Gasteiger partial charge is 0.274 e. The summed E-state index contributed by atoms with van der Waals surface area (Å²) in [6.07, 6.45) is 1.25. The first-order chi connectivity index (χ1) is 10.2. The summed E-state index contributed by atoms with van der Waals surface area (Å²) >= 11 is 1.47. The van der Waals surface area contributed by atoms with Crippen LogP contribution in [0.15, 0.2) is 52.6 Å². The second kappa shape index (κ2) is 5.88. The minimum Gasteiger partial charge on any atom is -0.442 e. The van der Waals surface area contributed by atoms with Gasteiger partial charge in [0.15, 0.2) is 17.8 Å². The Morgan fingerprint density at radius 2 is 2.10 bits per heavy atom. The lowest BCUT2D eigenvalue weighted by atomic mass is 10.2. The van der Waals surface area contributed by atoms with Crippen molar-refractivity contribution in [1.82, 2.24) is 10.3 Å². The first-order valence-electron chi connectivity index (χ1n) is 6.24. The Balaban J connectivity index is 1.72. The Morgan fingerprint density at radius 3 is 2.81 bits per heavy atom. The zero-order valence-corrected chi connectivity index (χ0v) is 11.7. The first kappa shape index (κ1) is 13.5. The van der Waals surface area contributed by atoms with Crippen molar-refractivity contribution in [3.05, 3.63) is 65.2 Å². The number of nitrogens with one attached hydrogen (secondary N) is 1. The molecule has 0 fully saturated rings. The summed E-state index contributed by atoms with van der Waals surface area (Å²) in [5, 5.41) is 4.64. The first-order valence-corrected chi connectivity index (χ1v) is 7.12. The molecule has 1 aromatic carbocycles. The third-order valence-electron chi connectivity index (χ3n) is 2.89. The van der Waals surface area contributed by atoms with E-state index in [4.69, 9.17) is 4.42 Å². The van der Waals surface area contributed by atoms with E-state index < -0.39 is 0 Å². The van der Waals surface area contributed by atoms with E-state index in [0.29, 0.717) is 12.3 Å². The van der Waals surface area contributed by atoms with Crippen LogP contribution in [0, 0.1) is 5.82 Å². The molecule has 2 aromatic heterocycles. The molecule has 0 aliphatic rings. The zero-order valence-electron chi connectivity index (χ0n) is 10.9. The van der Waals surface area contributed by atoms with Crippen LogP contribution in [0.1, 0.15) is 16.1 Å². The molecule has 0 bridgehead atoms. The molecule has 3 aromatic rings. The number of carbonyl (C=O) groups is 1. The van der Waals surface area contributed by atoms with E-state index in [2.05, 4.69) is 10.3 Å². The normalized spacial score (nSPS) is 10.5. The van der Waals surface area contributed by atoms with Gasteiger partial charge in [0.25, 0.3) is 5.91 Å². The molecule has 106 valence electrons. The third-order valence-corrected chi connectivity index (χ3v) is 3.76. The van der Waals surface area contributed by atoms with Gasteiger partial charge in [-0.3, -0.25) is 4.79 Å². The predicted octanol–water partition coefficient (Wildman–Crippen LogP) is 3.47. The van der Waals surface area contributed by atoms with E-state index in [1.54, 1.807) is 12.1 Å². The maximum Gasteiger partial charge on any atom is 0.274 e. The van der Waals surface area contributed by atoms with Gasteiger partial charge in [0.1, 0.15) is 5.82 Å². The second-order valence-corrected chi connectivity index (χ2v) is 5.26. The molecule has 2 heterocycles. The molecule has 0 saturated carbocycles. The summed E-state index contributed by atoms with van der Waals surface area (Å²) < 4.78 is 18.1. The molecule has 0 saturated heterocycles. The maximum atomic E-state index is 12.8. The summed E-state index contributed by atoms with van der Waals surface area (Å²) in [4.78, 5) is 17.0. The second-order valence-electron chi connectivity index (χ2n) is 4.32. The Kier molecular flexibility index (Phi) is 3.79. The quantitative estimate of drug-likeness (QED) is 0.803. The molecule has 0 aliphatic heterocycles. The van der Waals surface area contributed by atoms with Crippen molar-refractivity contribution in [3.8, 4) is 10.6 Å². The van der Waals surface area contributed by atoms with Crippen molar-refractivity contribution in [2.45, 2.75) is 6.54 Å². The minimum absolute atomic E-state index is 0.250. The van der Waals surface area contributed by atoms with E-state index in [9.17, 15) is 9.18 Å². The molecule has 0 spiro atoms. The van der Waals surface area contributed by atoms with E-state index in [0.717, 1.165) is 10.4 Å². The molecule has 0 aliphatic carbocycles. The highest BCUT2D eigenvalue weighted by molar-refractivity contribution is 7.13. The number of hydrogen-bond donors (Lipinski definition) is 1. The summed E-state index contributed by atoms with van der Waals surface area (Å²) in [6.45, 7) is 0.301. The van der Waals surface area contributed by atoms with Crippen molar-refractivity contribution in [3.63, 3.8) is 0 Å². The fraction of sp³-hybridized carbons (Fsp3) is 0.0667. The van der Waals surface area contributed by atoms with Gasteiger partial charge in [-0.15, -0.1) is 11.3 Å². The number of aromatic nitrogens is 1. The van der Waals surface area contributed by atoms with Gasteiger partial charge >= 0.3 is 0 Å². The number of benzene rings is 1. The average Bonchev–Trinajstić information content (AvgIpc) is 3.16. The van der Waals surface area contributed by atoms with E-state index in [1.807, 2.05) is 17.5 Å². The van der Waals surface area contributed by atoms with Crippen LogP contribution < -0.4 is 5.32 Å². The van der Waals surface area contributed by atoms with Gasteiger partial charge in [0, 0.05) is 6.54 Å². The van der Waals surface area contributed by atoms with Crippen LogP contribution in [0.4, 0.5) is 4.39 Å². The third kappa shape index (κ3) is 3.00. The monoisotopic (exact) mass is 302 g/mol. The molecule has 0 unspecified atom stereocenters. The van der Waals surface area contributed by atoms with Gasteiger partial charge in [-0.05, 0) is 29.1 Å². The van der Waals surface area contributed by atoms with E-state index in [1.165, 1.54) is 29.9 Å². The largest absolute Gasteiger partial charge is 0.442 e. The predicted molar refractivity (Wildman–Crippen MR) is 77.4 cm³/mol. The van der Waals surface area contributed by atoms with Crippen molar-refractivity contribution in [1.29, 1.82) is 0 Å². The van der Waals surface area contributed by atoms with Gasteiger partial charge in [0.2, 0.25) is 0 Å². The lowest BCUT2D eigenvalue weighted by molar-refractivity contribution is 0.0947. The number of amides is 1. The highest BCUT2D eigenvalue weighted by Gasteiger charge is 2.18. The molecule has 6 heteroatoms. The number of nitrogens with zero attached hydrogens (tertiary/aromatic N) is 1. The SMILES string of the molecule is O=C(NCc1ccc(F)cc1)c1ncoc1-c1cccs1. The van der Waals surface area contributed by atoms with Gasteiger partial charge in [-0.1, -0.05) is 18.2 Å². The number of halogens is 1. The summed E-state index contributed by atoms with van der Waals surface area (Å²) in [7, 11) is 0. The maximum absolute atomic E-state index is 12.8. The van der Waals surface area contributed by atoms with Crippen LogP contribution in [0.25, 0.3) is 10.6 Å². The molecular formula is C15H11FN2O2S. The van der Waals surface area contributed by atoms with Crippen molar-refractivity contribution in [2.24, 2.45) is 0 Å². The average molecular weight is 302 g/mol. The lowest BCUT2D eigenvalue weighted by Crippen LogP contribution is -2.23. The van der Waals surface area contributed by atoms with Crippen LogP contribution in [-0.4, -0.2) is 10.9 Å². The summed E-state index contributed by atoms with van der Waals surface area (Å²) in [6, 6.07) is 9.70. The van der Waals surface area contributed by atoms with Crippen molar-refractivity contribution < 1.29 is 13.6 Å². The molecule has 1 amide bonds. The zero-order chi connectivity index (χ0) is 14.7. The standard InChI is InChI=1S/C15H11FN2O2S/c16-11-5-3-10(4-6-11)8-17-15(19)13-14(20-9-18-13)12-2-1-7-21-12/h1-7,9H,8H2,(H,17,19). The van der Waals surface area contributed by atoms with Crippen LogP contribution in [0.2, 0.25) is 0 Å². The molecule has 3 rings (SSSR count). The Morgan fingerprint density at radius 1 is 1.29 bits per heavy atom. The highest BCUT2D eigenvalue weighted by atomic mass is 32.1. The van der Waals surface area contributed by atoms with Gasteiger partial charge in [0.05, 0.1) is 4.88 Å². The number of oxazole rings is 1. The molecule has 4 nitrogen and oxygen atoms in total. The van der Waals surface area contributed by atoms with Crippen LogP contribution >= 0.6 is 11.3 Å². The Bertz CT molecular complexity index is 735. The van der Waals surface area contributed by atoms with Gasteiger partial charge < -0.3 is 9.73 Å². The van der Waals surface area contributed by atoms with Crippen molar-refractivity contribution in [2.75, 3.05) is 0 Å². The van der Waals surface area contributed by atoms with Crippen LogP contribution in [0.5, 0.6) is 0 Å². The number of carbonyl (C=O) groups excluding carboxylic acids is 1. The lowest BCUT2D eigenvalue weighted by Gasteiger charge is -2.04. The van der Waals surface area contributed by atoms with Gasteiger partial charge in [-0.25, -0.2) is 9.37 Å². The number of hydrogen-bond acceptors (Lipinski definition) is 4. The number of rotatable bonds is 4. The topological polar surface area (TPSA) is 55.1 Å².